The first-order valence-corrected chi connectivity index (χ1v) is 6.35. The van der Waals surface area contributed by atoms with Gasteiger partial charge in [0.15, 0.2) is 0 Å². The van der Waals surface area contributed by atoms with Crippen molar-refractivity contribution >= 4 is 11.8 Å². The van der Waals surface area contributed by atoms with Crippen LogP contribution in [0.1, 0.15) is 5.56 Å². The minimum Gasteiger partial charge on any atom is -0.497 e. The third kappa shape index (κ3) is 2.83. The molecule has 0 aromatic heterocycles. The van der Waals surface area contributed by atoms with Crippen LogP contribution in [0.2, 0.25) is 0 Å². The molecule has 0 aliphatic rings. The highest BCUT2D eigenvalue weighted by Gasteiger charge is 2.08. The zero-order valence-corrected chi connectivity index (χ0v) is 10.8. The quantitative estimate of drug-likeness (QED) is 0.917. The molecule has 0 radical (unpaired) electrons. The molecule has 0 heterocycles. The summed E-state index contributed by atoms with van der Waals surface area (Å²) >= 11 is 1.36. The van der Waals surface area contributed by atoms with Crippen LogP contribution in [-0.2, 0) is 6.54 Å². The number of ether oxygens (including phenoxy) is 1. The van der Waals surface area contributed by atoms with Gasteiger partial charge in [-0.25, -0.2) is 4.39 Å². The largest absolute Gasteiger partial charge is 0.497 e. The fourth-order valence-corrected chi connectivity index (χ4v) is 2.58. The van der Waals surface area contributed by atoms with Crippen LogP contribution in [0.15, 0.2) is 52.3 Å². The van der Waals surface area contributed by atoms with Crippen LogP contribution in [0.5, 0.6) is 5.75 Å². The van der Waals surface area contributed by atoms with Crippen molar-refractivity contribution in [3.05, 3.63) is 53.8 Å². The standard InChI is InChI=1S/C14H14FNOS/c1-17-11-7-6-10(9-16)14(8-11)18-13-5-3-2-4-12(13)15/h2-8H,9,16H2,1H3. The van der Waals surface area contributed by atoms with Crippen LogP contribution in [0.25, 0.3) is 0 Å². The Balaban J connectivity index is 2.35. The molecular weight excluding hydrogens is 249 g/mol. The second kappa shape index (κ2) is 5.89. The third-order valence-electron chi connectivity index (χ3n) is 2.55. The maximum Gasteiger partial charge on any atom is 0.137 e. The molecule has 0 aliphatic carbocycles. The molecule has 0 bridgehead atoms. The lowest BCUT2D eigenvalue weighted by Crippen LogP contribution is -1.99. The zero-order valence-electron chi connectivity index (χ0n) is 10.0. The van der Waals surface area contributed by atoms with Crippen molar-refractivity contribution in [2.45, 2.75) is 16.3 Å². The molecule has 0 aliphatic heterocycles. The summed E-state index contributed by atoms with van der Waals surface area (Å²) < 4.78 is 18.8. The maximum atomic E-state index is 13.6. The highest BCUT2D eigenvalue weighted by Crippen LogP contribution is 2.34. The number of nitrogens with two attached hydrogens (primary N) is 1. The average molecular weight is 263 g/mol. The second-order valence-electron chi connectivity index (χ2n) is 3.71. The van der Waals surface area contributed by atoms with Crippen molar-refractivity contribution in [2.75, 3.05) is 7.11 Å². The van der Waals surface area contributed by atoms with Gasteiger partial charge in [0.25, 0.3) is 0 Å². The van der Waals surface area contributed by atoms with Crippen LogP contribution in [-0.4, -0.2) is 7.11 Å². The molecule has 0 unspecified atom stereocenters. The van der Waals surface area contributed by atoms with Gasteiger partial charge in [0.2, 0.25) is 0 Å². The first-order chi connectivity index (χ1) is 8.74. The normalized spacial score (nSPS) is 10.4. The second-order valence-corrected chi connectivity index (χ2v) is 4.79. The Morgan fingerprint density at radius 3 is 2.61 bits per heavy atom. The van der Waals surface area contributed by atoms with E-state index in [1.807, 2.05) is 24.3 Å². The van der Waals surface area contributed by atoms with Crippen molar-refractivity contribution in [1.82, 2.24) is 0 Å². The molecule has 2 aromatic rings. The van der Waals surface area contributed by atoms with Gasteiger partial charge in [-0.15, -0.1) is 0 Å². The summed E-state index contributed by atoms with van der Waals surface area (Å²) in [5.74, 6) is 0.513. The summed E-state index contributed by atoms with van der Waals surface area (Å²) in [7, 11) is 1.61. The van der Waals surface area contributed by atoms with Gasteiger partial charge in [-0.05, 0) is 29.8 Å². The Bertz CT molecular complexity index is 545. The first-order valence-electron chi connectivity index (χ1n) is 5.54. The van der Waals surface area contributed by atoms with E-state index in [4.69, 9.17) is 10.5 Å². The van der Waals surface area contributed by atoms with Gasteiger partial charge in [-0.1, -0.05) is 30.0 Å². The van der Waals surface area contributed by atoms with Gasteiger partial charge >= 0.3 is 0 Å². The lowest BCUT2D eigenvalue weighted by molar-refractivity contribution is 0.413. The van der Waals surface area contributed by atoms with E-state index in [1.165, 1.54) is 17.8 Å². The number of halogens is 1. The third-order valence-corrected chi connectivity index (χ3v) is 3.70. The van der Waals surface area contributed by atoms with Crippen LogP contribution < -0.4 is 10.5 Å². The molecule has 0 saturated carbocycles. The highest BCUT2D eigenvalue weighted by atomic mass is 32.2. The molecule has 2 nitrogen and oxygen atoms in total. The van der Waals surface area contributed by atoms with E-state index in [9.17, 15) is 4.39 Å². The van der Waals surface area contributed by atoms with Crippen LogP contribution >= 0.6 is 11.8 Å². The van der Waals surface area contributed by atoms with Crippen LogP contribution in [0.4, 0.5) is 4.39 Å². The smallest absolute Gasteiger partial charge is 0.137 e. The number of rotatable bonds is 4. The topological polar surface area (TPSA) is 35.2 Å². The fourth-order valence-electron chi connectivity index (χ4n) is 1.57. The molecule has 18 heavy (non-hydrogen) atoms. The average Bonchev–Trinajstić information content (AvgIpc) is 2.41. The van der Waals surface area contributed by atoms with E-state index in [0.717, 1.165) is 16.2 Å². The zero-order chi connectivity index (χ0) is 13.0. The molecule has 2 aromatic carbocycles. The van der Waals surface area contributed by atoms with E-state index < -0.39 is 0 Å². The predicted molar refractivity (Wildman–Crippen MR) is 71.4 cm³/mol. The minimum atomic E-state index is -0.228. The van der Waals surface area contributed by atoms with E-state index in [-0.39, 0.29) is 5.82 Å². The Morgan fingerprint density at radius 2 is 1.94 bits per heavy atom. The number of benzene rings is 2. The van der Waals surface area contributed by atoms with Crippen LogP contribution in [0, 0.1) is 5.82 Å². The molecule has 94 valence electrons. The summed E-state index contributed by atoms with van der Waals surface area (Å²) in [6.07, 6.45) is 0. The SMILES string of the molecule is COc1ccc(CN)c(Sc2ccccc2F)c1. The van der Waals surface area contributed by atoms with Gasteiger partial charge < -0.3 is 10.5 Å². The maximum absolute atomic E-state index is 13.6. The van der Waals surface area contributed by atoms with Gasteiger partial charge in [0.1, 0.15) is 11.6 Å². The van der Waals surface area contributed by atoms with Gasteiger partial charge in [0.05, 0.1) is 7.11 Å². The molecule has 0 fully saturated rings. The highest BCUT2D eigenvalue weighted by molar-refractivity contribution is 7.99. The van der Waals surface area contributed by atoms with Crippen molar-refractivity contribution in [3.8, 4) is 5.75 Å². The molecule has 0 atom stereocenters. The number of hydrogen-bond acceptors (Lipinski definition) is 3. The molecule has 4 heteroatoms. The molecule has 0 saturated heterocycles. The Kier molecular flexibility index (Phi) is 4.23. The molecule has 0 amide bonds. The lowest BCUT2D eigenvalue weighted by Gasteiger charge is -2.10. The summed E-state index contributed by atoms with van der Waals surface area (Å²) in [6.45, 7) is 0.417. The molecule has 2 rings (SSSR count). The van der Waals surface area contributed by atoms with E-state index in [0.29, 0.717) is 11.4 Å². The molecule has 2 N–H and O–H groups in total. The summed E-state index contributed by atoms with van der Waals surface area (Å²) in [6, 6.07) is 12.3. The van der Waals surface area contributed by atoms with Gasteiger partial charge in [0, 0.05) is 16.3 Å². The fraction of sp³-hybridized carbons (Fsp3) is 0.143. The molecule has 0 spiro atoms. The van der Waals surface area contributed by atoms with Gasteiger partial charge in [-0.3, -0.25) is 0 Å². The number of methoxy groups -OCH3 is 1. The van der Waals surface area contributed by atoms with E-state index >= 15 is 0 Å². The minimum absolute atomic E-state index is 0.228. The summed E-state index contributed by atoms with van der Waals surface area (Å²) in [5, 5.41) is 0. The Hall–Kier alpha value is -1.52. The predicted octanol–water partition coefficient (Wildman–Crippen LogP) is 3.44. The van der Waals surface area contributed by atoms with E-state index in [1.54, 1.807) is 19.2 Å². The monoisotopic (exact) mass is 263 g/mol. The Morgan fingerprint density at radius 1 is 1.17 bits per heavy atom. The molecular formula is C14H14FNOS. The van der Waals surface area contributed by atoms with Crippen molar-refractivity contribution in [2.24, 2.45) is 5.73 Å². The van der Waals surface area contributed by atoms with Crippen molar-refractivity contribution < 1.29 is 9.13 Å². The lowest BCUT2D eigenvalue weighted by atomic mass is 10.2. The van der Waals surface area contributed by atoms with Crippen LogP contribution in [0.3, 0.4) is 0 Å². The first kappa shape index (κ1) is 12.9. The Labute approximate surface area is 110 Å². The van der Waals surface area contributed by atoms with Crippen molar-refractivity contribution in [1.29, 1.82) is 0 Å². The summed E-state index contributed by atoms with van der Waals surface area (Å²) in [5.41, 5.74) is 6.66. The summed E-state index contributed by atoms with van der Waals surface area (Å²) in [4.78, 5) is 1.50. The van der Waals surface area contributed by atoms with Gasteiger partial charge in [-0.2, -0.15) is 0 Å². The number of hydrogen-bond donors (Lipinski definition) is 1. The van der Waals surface area contributed by atoms with E-state index in [2.05, 4.69) is 0 Å². The van der Waals surface area contributed by atoms with Crippen molar-refractivity contribution in [3.63, 3.8) is 0 Å².